The smallest absolute Gasteiger partial charge is 0.305 e. The number of esters is 1. The van der Waals surface area contributed by atoms with Gasteiger partial charge in [0.1, 0.15) is 0 Å². The molecule has 0 saturated heterocycles. The van der Waals surface area contributed by atoms with Gasteiger partial charge in [0.25, 0.3) is 6.47 Å². The van der Waals surface area contributed by atoms with Crippen LogP contribution >= 0.6 is 0 Å². The first-order valence-corrected chi connectivity index (χ1v) is 21.5. The van der Waals surface area contributed by atoms with Crippen molar-refractivity contribution in [3.63, 3.8) is 0 Å². The number of nitrogens with zero attached hydrogens (tertiary/aromatic N) is 4. The number of carbonyl (C=O) groups is 2. The van der Waals surface area contributed by atoms with Crippen molar-refractivity contribution in [2.45, 2.75) is 39.5 Å². The number of aryl methyl sites for hydroxylation is 4. The lowest BCUT2D eigenvalue weighted by molar-refractivity contribution is -0.140. The molecule has 8 heteroatoms. The fraction of sp³-hybridized carbons (Fsp3) is 0.143. The van der Waals surface area contributed by atoms with Crippen LogP contribution in [0.2, 0.25) is 0 Å². The highest BCUT2D eigenvalue weighted by Gasteiger charge is 2.16. The first-order valence-electron chi connectivity index (χ1n) is 21.5. The van der Waals surface area contributed by atoms with E-state index in [0.29, 0.717) is 25.9 Å². The van der Waals surface area contributed by atoms with Crippen molar-refractivity contribution < 1.29 is 19.1 Å². The van der Waals surface area contributed by atoms with E-state index < -0.39 is 0 Å². The van der Waals surface area contributed by atoms with E-state index in [1.165, 1.54) is 23.8 Å². The zero-order chi connectivity index (χ0) is 44.3. The lowest BCUT2D eigenvalue weighted by Gasteiger charge is -2.26. The Hall–Kier alpha value is -7.84. The Bertz CT molecular complexity index is 2790. The van der Waals surface area contributed by atoms with Crippen LogP contribution in [-0.4, -0.2) is 36.1 Å². The van der Waals surface area contributed by atoms with Gasteiger partial charge in [-0.2, -0.15) is 0 Å². The van der Waals surface area contributed by atoms with Gasteiger partial charge in [-0.3, -0.25) is 19.6 Å². The van der Waals surface area contributed by atoms with Gasteiger partial charge < -0.3 is 19.3 Å². The normalized spacial score (nSPS) is 10.9. The minimum atomic E-state index is -0.209. The van der Waals surface area contributed by atoms with Crippen LogP contribution in [0, 0.1) is 13.8 Å². The number of ether oxygens (including phenoxy) is 2. The SMILES string of the molecule is COC(=O)CCc1ccc(N(c2ccc(-c3ccc(-c4ccc(-c5ccc(N(c6ccc(CCCOC=O)cc6)c6cccc(C)c6)cc5)cn4)nc3)cc2)c2cccc(C)c2)cc1. The van der Waals surface area contributed by atoms with Crippen molar-refractivity contribution in [3.8, 4) is 33.6 Å². The monoisotopic (exact) mass is 842 g/mol. The molecule has 2 heterocycles. The zero-order valence-corrected chi connectivity index (χ0v) is 36.4. The van der Waals surface area contributed by atoms with Crippen LogP contribution in [0.4, 0.5) is 34.1 Å². The molecule has 8 nitrogen and oxygen atoms in total. The van der Waals surface area contributed by atoms with Crippen molar-refractivity contribution in [1.29, 1.82) is 0 Å². The number of hydrogen-bond donors (Lipinski definition) is 0. The summed E-state index contributed by atoms with van der Waals surface area (Å²) < 4.78 is 9.69. The average Bonchev–Trinajstić information content (AvgIpc) is 3.34. The molecular formula is C56H50N4O4. The van der Waals surface area contributed by atoms with Crippen LogP contribution in [0.25, 0.3) is 33.6 Å². The number of rotatable bonds is 17. The average molecular weight is 843 g/mol. The van der Waals surface area contributed by atoms with Gasteiger partial charge in [-0.25, -0.2) is 0 Å². The van der Waals surface area contributed by atoms with Gasteiger partial charge in [-0.15, -0.1) is 0 Å². The molecule has 0 N–H and O–H groups in total. The minimum absolute atomic E-state index is 0.209. The molecule has 0 aliphatic rings. The summed E-state index contributed by atoms with van der Waals surface area (Å²) in [7, 11) is 1.42. The first kappa shape index (κ1) is 42.8. The van der Waals surface area contributed by atoms with Crippen molar-refractivity contribution in [1.82, 2.24) is 9.97 Å². The Morgan fingerprint density at radius 1 is 0.516 bits per heavy atom. The predicted molar refractivity (Wildman–Crippen MR) is 258 cm³/mol. The Labute approximate surface area is 375 Å². The third-order valence-corrected chi connectivity index (χ3v) is 11.3. The predicted octanol–water partition coefficient (Wildman–Crippen LogP) is 13.2. The molecule has 8 aromatic rings. The quantitative estimate of drug-likeness (QED) is 0.0509. The number of carbonyl (C=O) groups excluding carboxylic acids is 2. The van der Waals surface area contributed by atoms with E-state index in [4.69, 9.17) is 19.4 Å². The van der Waals surface area contributed by atoms with Gasteiger partial charge in [0.05, 0.1) is 25.1 Å². The number of aromatic nitrogens is 2. The topological polar surface area (TPSA) is 84.9 Å². The van der Waals surface area contributed by atoms with Crippen LogP contribution in [0.5, 0.6) is 0 Å². The van der Waals surface area contributed by atoms with Gasteiger partial charge >= 0.3 is 5.97 Å². The van der Waals surface area contributed by atoms with Crippen molar-refractivity contribution in [2.24, 2.45) is 0 Å². The van der Waals surface area contributed by atoms with Crippen molar-refractivity contribution in [2.75, 3.05) is 23.5 Å². The van der Waals surface area contributed by atoms with E-state index in [9.17, 15) is 9.59 Å². The zero-order valence-electron chi connectivity index (χ0n) is 36.4. The van der Waals surface area contributed by atoms with Crippen LogP contribution in [0.1, 0.15) is 35.1 Å². The molecule has 0 aliphatic heterocycles. The second kappa shape index (κ2) is 20.4. The molecule has 0 atom stereocenters. The first-order chi connectivity index (χ1) is 31.3. The maximum atomic E-state index is 11.7. The number of methoxy groups -OCH3 is 1. The maximum Gasteiger partial charge on any atom is 0.305 e. The molecule has 0 aliphatic carbocycles. The molecule has 0 spiro atoms. The fourth-order valence-corrected chi connectivity index (χ4v) is 7.85. The van der Waals surface area contributed by atoms with E-state index in [-0.39, 0.29) is 5.97 Å². The molecule has 0 unspecified atom stereocenters. The fourth-order valence-electron chi connectivity index (χ4n) is 7.85. The van der Waals surface area contributed by atoms with E-state index in [2.05, 4.69) is 181 Å². The van der Waals surface area contributed by atoms with Gasteiger partial charge in [0.15, 0.2) is 0 Å². The third kappa shape index (κ3) is 10.4. The number of benzene rings is 6. The molecule has 0 bridgehead atoms. The van der Waals surface area contributed by atoms with Gasteiger partial charge in [0.2, 0.25) is 0 Å². The summed E-state index contributed by atoms with van der Waals surface area (Å²) in [6.45, 7) is 5.13. The van der Waals surface area contributed by atoms with Crippen LogP contribution < -0.4 is 9.80 Å². The minimum Gasteiger partial charge on any atom is -0.469 e. The van der Waals surface area contributed by atoms with Gasteiger partial charge in [0, 0.05) is 64.1 Å². The Morgan fingerprint density at radius 3 is 1.33 bits per heavy atom. The molecule has 6 aromatic carbocycles. The lowest BCUT2D eigenvalue weighted by atomic mass is 10.0. The molecule has 0 amide bonds. The third-order valence-electron chi connectivity index (χ3n) is 11.3. The van der Waals surface area contributed by atoms with Crippen molar-refractivity contribution >= 4 is 46.6 Å². The molecule has 64 heavy (non-hydrogen) atoms. The van der Waals surface area contributed by atoms with Crippen LogP contribution in [0.15, 0.2) is 182 Å². The van der Waals surface area contributed by atoms with Crippen LogP contribution in [-0.2, 0) is 31.9 Å². The summed E-state index contributed by atoms with van der Waals surface area (Å²) in [4.78, 5) is 36.4. The molecular weight excluding hydrogens is 793 g/mol. The molecule has 2 aromatic heterocycles. The standard InChI is InChI=1S/C56H50N4O4/c1-40-7-4-10-52(35-40)59(48-23-12-42(13-24-48)9-6-34-64-39-61)50-27-17-44(18-28-50)46-21-31-54(57-37-46)55-32-22-47(38-58-55)45-19-29-51(30-20-45)60(53-11-5-8-41(2)36-53)49-25-14-43(15-26-49)16-33-56(62)63-3/h4-5,7-8,10-15,17-32,35-39H,6,9,16,33-34H2,1-3H3. The molecule has 0 saturated carbocycles. The Morgan fingerprint density at radius 2 is 0.938 bits per heavy atom. The van der Waals surface area contributed by atoms with Gasteiger partial charge in [-0.1, -0.05) is 84.9 Å². The summed E-state index contributed by atoms with van der Waals surface area (Å²) in [6, 6.07) is 59.3. The highest BCUT2D eigenvalue weighted by molar-refractivity contribution is 5.80. The Kier molecular flexibility index (Phi) is 13.6. The van der Waals surface area contributed by atoms with Crippen LogP contribution in [0.3, 0.4) is 0 Å². The number of hydrogen-bond acceptors (Lipinski definition) is 8. The molecule has 318 valence electrons. The summed E-state index contributed by atoms with van der Waals surface area (Å²) in [5.74, 6) is -0.209. The molecule has 0 fully saturated rings. The summed E-state index contributed by atoms with van der Waals surface area (Å²) >= 11 is 0. The second-order valence-electron chi connectivity index (χ2n) is 15.8. The largest absolute Gasteiger partial charge is 0.469 e. The maximum absolute atomic E-state index is 11.7. The highest BCUT2D eigenvalue weighted by atomic mass is 16.5. The number of pyridine rings is 2. The Balaban J connectivity index is 0.959. The second-order valence-corrected chi connectivity index (χ2v) is 15.8. The summed E-state index contributed by atoms with van der Waals surface area (Å²) in [5.41, 5.74) is 16.7. The summed E-state index contributed by atoms with van der Waals surface area (Å²) in [6.07, 6.45) is 6.42. The van der Waals surface area contributed by atoms with Crippen molar-refractivity contribution in [3.05, 3.63) is 205 Å². The number of anilines is 6. The van der Waals surface area contributed by atoms with E-state index in [1.54, 1.807) is 0 Å². The van der Waals surface area contributed by atoms with E-state index in [0.717, 1.165) is 86.2 Å². The van der Waals surface area contributed by atoms with E-state index >= 15 is 0 Å². The van der Waals surface area contributed by atoms with Gasteiger partial charge in [-0.05, 0) is 151 Å². The lowest BCUT2D eigenvalue weighted by Crippen LogP contribution is -2.10. The summed E-state index contributed by atoms with van der Waals surface area (Å²) in [5, 5.41) is 0. The highest BCUT2D eigenvalue weighted by Crippen LogP contribution is 2.38. The molecule has 8 rings (SSSR count). The van der Waals surface area contributed by atoms with E-state index in [1.807, 2.05) is 24.5 Å². The molecule has 0 radical (unpaired) electrons.